The van der Waals surface area contributed by atoms with E-state index < -0.39 is 117 Å². The lowest BCUT2D eigenvalue weighted by molar-refractivity contribution is -0.319. The highest BCUT2D eigenvalue weighted by Crippen LogP contribution is 2.43. The SMILES string of the molecule is COc1cc(-c2[o+]c3cc(O)cc(O[C@@H]4O[C@H](CO)[C@@H](O)[C@H](O)[C@H]4O)c3cc2O[C@@H]2O[C@H](CO[C@@H]3O[C@@H](C)[C@H](OC(=O)C=Cc4ccc(O)cc4)[C@@H](O)[C@H]3O)[C@@H](O)[C@H](O)[C@H]2O)ccc1O. The third-order valence-corrected chi connectivity index (χ3v) is 11.0. The number of aliphatic hydroxyl groups excluding tert-OH is 9. The standard InChI is InChI=1S/C43H48O22/c1-17-39(65-30(48)10-5-18-3-7-20(45)8-4-18)35(53)38(56)41(59-17)58-16-29-32(50)34(52)37(55)43(64-29)62-27-14-22-24(60-40(27)19-6-9-23(47)26(11-19)57-2)12-21(46)13-25(22)61-42-36(54)33(51)31(49)28(15-44)63-42/h3-14,17,28-29,31-39,41-44,49-56H,15-16H2,1-2H3,(H2-,45,46,47,48)/p+1/t17-,28+,29+,31+,32+,33-,34-,35-,36+,37+,38+,39-,41+,42+,43+/m0/s1. The topological polar surface area (TPSA) is 345 Å². The smallest absolute Gasteiger partial charge is 0.402 e. The zero-order chi connectivity index (χ0) is 46.9. The molecule has 0 aliphatic carbocycles. The van der Waals surface area contributed by atoms with Crippen molar-refractivity contribution in [2.75, 3.05) is 20.3 Å². The molecule has 3 aliphatic heterocycles. The van der Waals surface area contributed by atoms with Gasteiger partial charge in [0.2, 0.25) is 18.3 Å². The van der Waals surface area contributed by atoms with Gasteiger partial charge in [-0.1, -0.05) is 12.1 Å². The van der Waals surface area contributed by atoms with Gasteiger partial charge < -0.3 is 99.2 Å². The zero-order valence-corrected chi connectivity index (χ0v) is 34.5. The van der Waals surface area contributed by atoms with Crippen LogP contribution in [0.2, 0.25) is 0 Å². The van der Waals surface area contributed by atoms with Gasteiger partial charge in [-0.3, -0.25) is 0 Å². The molecule has 3 aliphatic rings. The maximum atomic E-state index is 12.6. The summed E-state index contributed by atoms with van der Waals surface area (Å²) in [5.74, 6) is -2.16. The fourth-order valence-electron chi connectivity index (χ4n) is 7.36. The highest BCUT2D eigenvalue weighted by atomic mass is 16.7. The third kappa shape index (κ3) is 10.2. The zero-order valence-electron chi connectivity index (χ0n) is 34.5. The van der Waals surface area contributed by atoms with Crippen molar-refractivity contribution >= 4 is 23.0 Å². The lowest BCUT2D eigenvalue weighted by atomic mass is 9.98. The Morgan fingerprint density at radius 1 is 0.677 bits per heavy atom. The van der Waals surface area contributed by atoms with E-state index in [1.165, 1.54) is 62.6 Å². The second kappa shape index (κ2) is 20.0. The van der Waals surface area contributed by atoms with E-state index in [1.54, 1.807) is 12.1 Å². The Morgan fingerprint density at radius 2 is 1.31 bits per heavy atom. The molecule has 12 N–H and O–H groups in total. The number of benzene rings is 3. The summed E-state index contributed by atoms with van der Waals surface area (Å²) in [5, 5.41) is 126. The minimum atomic E-state index is -1.96. The van der Waals surface area contributed by atoms with Crippen molar-refractivity contribution in [3.05, 3.63) is 72.3 Å². The monoisotopic (exact) mass is 917 g/mol. The molecule has 22 heteroatoms. The Morgan fingerprint density at radius 3 is 1.97 bits per heavy atom. The van der Waals surface area contributed by atoms with Crippen LogP contribution in [0.25, 0.3) is 28.4 Å². The number of aliphatic hydroxyl groups is 9. The number of hydrogen-bond acceptors (Lipinski definition) is 21. The first-order chi connectivity index (χ1) is 31.0. The third-order valence-electron chi connectivity index (χ3n) is 11.0. The normalized spacial score (nSPS) is 32.9. The number of rotatable bonds is 13. The summed E-state index contributed by atoms with van der Waals surface area (Å²) in [6.07, 6.45) is -22.5. The van der Waals surface area contributed by atoms with Gasteiger partial charge in [0, 0.05) is 24.3 Å². The molecule has 0 bridgehead atoms. The van der Waals surface area contributed by atoms with Crippen LogP contribution in [0.1, 0.15) is 12.5 Å². The second-order valence-corrected chi connectivity index (χ2v) is 15.5. The van der Waals surface area contributed by atoms with E-state index in [0.29, 0.717) is 5.56 Å². The van der Waals surface area contributed by atoms with Crippen LogP contribution in [0.15, 0.2) is 71.2 Å². The maximum absolute atomic E-state index is 12.6. The first-order valence-electron chi connectivity index (χ1n) is 20.1. The van der Waals surface area contributed by atoms with Crippen LogP contribution in [0.4, 0.5) is 0 Å². The minimum Gasteiger partial charge on any atom is -0.508 e. The van der Waals surface area contributed by atoms with Gasteiger partial charge in [-0.2, -0.15) is 0 Å². The molecule has 65 heavy (non-hydrogen) atoms. The molecule has 0 saturated carbocycles. The first kappa shape index (κ1) is 47.5. The molecule has 22 nitrogen and oxygen atoms in total. The van der Waals surface area contributed by atoms with E-state index >= 15 is 0 Å². The van der Waals surface area contributed by atoms with Gasteiger partial charge in [-0.05, 0) is 42.8 Å². The molecule has 15 atom stereocenters. The van der Waals surface area contributed by atoms with Gasteiger partial charge in [0.1, 0.15) is 83.7 Å². The number of esters is 1. The fraction of sp³-hybridized carbons (Fsp3) is 0.442. The van der Waals surface area contributed by atoms with Crippen molar-refractivity contribution in [3.63, 3.8) is 0 Å². The van der Waals surface area contributed by atoms with Gasteiger partial charge >= 0.3 is 17.3 Å². The molecule has 4 aromatic rings. The highest BCUT2D eigenvalue weighted by molar-refractivity contribution is 5.89. The van der Waals surface area contributed by atoms with Crippen LogP contribution in [0.3, 0.4) is 0 Å². The molecular formula is C43H49O22+. The summed E-state index contributed by atoms with van der Waals surface area (Å²) >= 11 is 0. The van der Waals surface area contributed by atoms with E-state index in [0.717, 1.165) is 12.1 Å². The van der Waals surface area contributed by atoms with Crippen molar-refractivity contribution in [2.45, 2.75) is 99.0 Å². The van der Waals surface area contributed by atoms with Gasteiger partial charge in [-0.15, -0.1) is 0 Å². The number of ether oxygens (including phenoxy) is 8. The largest absolute Gasteiger partial charge is 0.508 e. The Bertz CT molecular complexity index is 2310. The van der Waals surface area contributed by atoms with E-state index in [1.807, 2.05) is 0 Å². The van der Waals surface area contributed by atoms with Crippen molar-refractivity contribution in [1.82, 2.24) is 0 Å². The summed E-state index contributed by atoms with van der Waals surface area (Å²) in [5.41, 5.74) is 0.672. The number of phenols is 3. The second-order valence-electron chi connectivity index (χ2n) is 15.5. The lowest BCUT2D eigenvalue weighted by Gasteiger charge is -2.42. The summed E-state index contributed by atoms with van der Waals surface area (Å²) in [6, 6.07) is 13.5. The fourth-order valence-corrected chi connectivity index (χ4v) is 7.36. The molecule has 0 amide bonds. The number of fused-ring (bicyclic) bond motifs is 1. The Balaban J connectivity index is 1.12. The molecule has 3 fully saturated rings. The molecule has 3 aromatic carbocycles. The van der Waals surface area contributed by atoms with Crippen molar-refractivity contribution < 1.29 is 108 Å². The number of phenolic OH excluding ortho intramolecular Hbond substituents is 3. The van der Waals surface area contributed by atoms with Crippen LogP contribution in [0, 0.1) is 0 Å². The van der Waals surface area contributed by atoms with Crippen molar-refractivity contribution in [3.8, 4) is 45.8 Å². The Labute approximate surface area is 368 Å². The first-order valence-corrected chi connectivity index (χ1v) is 20.1. The predicted octanol–water partition coefficient (Wildman–Crippen LogP) is -1.02. The summed E-state index contributed by atoms with van der Waals surface area (Å²) in [6.45, 7) is 0.0388. The number of carbonyl (C=O) groups excluding carboxylic acids is 1. The number of hydrogen-bond donors (Lipinski definition) is 12. The Hall–Kier alpha value is -5.44. The average Bonchev–Trinajstić information content (AvgIpc) is 3.29. The molecule has 4 heterocycles. The molecule has 3 saturated heterocycles. The van der Waals surface area contributed by atoms with Crippen molar-refractivity contribution in [2.24, 2.45) is 0 Å². The molecule has 352 valence electrons. The molecule has 1 aromatic heterocycles. The number of aromatic hydroxyl groups is 3. The van der Waals surface area contributed by atoms with E-state index in [-0.39, 0.29) is 51.0 Å². The van der Waals surface area contributed by atoms with Crippen LogP contribution < -0.4 is 14.2 Å². The van der Waals surface area contributed by atoms with Crippen LogP contribution in [0.5, 0.6) is 34.5 Å². The van der Waals surface area contributed by atoms with Crippen molar-refractivity contribution in [1.29, 1.82) is 0 Å². The van der Waals surface area contributed by atoms with E-state index in [2.05, 4.69) is 0 Å². The maximum Gasteiger partial charge on any atom is 0.402 e. The quantitative estimate of drug-likeness (QED) is 0.0434. The Kier molecular flexibility index (Phi) is 14.6. The molecule has 0 unspecified atom stereocenters. The van der Waals surface area contributed by atoms with Crippen LogP contribution in [-0.2, 0) is 28.5 Å². The predicted molar refractivity (Wildman–Crippen MR) is 217 cm³/mol. The summed E-state index contributed by atoms with van der Waals surface area (Å²) in [4.78, 5) is 12.6. The molecule has 0 radical (unpaired) electrons. The van der Waals surface area contributed by atoms with Gasteiger partial charge in [-0.25, -0.2) is 9.21 Å². The number of methoxy groups -OCH3 is 1. The summed E-state index contributed by atoms with van der Waals surface area (Å²) < 4.78 is 51.6. The summed E-state index contributed by atoms with van der Waals surface area (Å²) in [7, 11) is 1.29. The molecule has 7 rings (SSSR count). The highest BCUT2D eigenvalue weighted by Gasteiger charge is 2.49. The molecular weight excluding hydrogens is 868 g/mol. The van der Waals surface area contributed by atoms with Gasteiger partial charge in [0.05, 0.1) is 38.1 Å². The number of carbonyl (C=O) groups is 1. The van der Waals surface area contributed by atoms with E-state index in [4.69, 9.17) is 42.3 Å². The van der Waals surface area contributed by atoms with Gasteiger partial charge in [0.15, 0.2) is 23.9 Å². The van der Waals surface area contributed by atoms with Crippen LogP contribution >= 0.6 is 0 Å². The minimum absolute atomic E-state index is 0.00322. The average molecular weight is 918 g/mol. The lowest BCUT2D eigenvalue weighted by Crippen LogP contribution is -2.62. The van der Waals surface area contributed by atoms with Gasteiger partial charge in [0.25, 0.3) is 0 Å². The molecule has 0 spiro atoms. The van der Waals surface area contributed by atoms with E-state index in [9.17, 15) is 66.1 Å². The van der Waals surface area contributed by atoms with Crippen LogP contribution in [-0.4, -0.2) is 180 Å².